The van der Waals surface area contributed by atoms with E-state index >= 15 is 0 Å². The van der Waals surface area contributed by atoms with Crippen molar-refractivity contribution in [3.8, 4) is 0 Å². The lowest BCUT2D eigenvalue weighted by atomic mass is 9.86. The van der Waals surface area contributed by atoms with Crippen LogP contribution in [0.4, 0.5) is 5.95 Å². The third-order valence-corrected chi connectivity index (χ3v) is 5.82. The van der Waals surface area contributed by atoms with Crippen LogP contribution >= 0.6 is 0 Å². The highest BCUT2D eigenvalue weighted by Gasteiger charge is 2.21. The first-order valence-corrected chi connectivity index (χ1v) is 12.0. The van der Waals surface area contributed by atoms with Crippen LogP contribution in [-0.2, 0) is 15.0 Å². The minimum absolute atomic E-state index is 0.0357. The highest BCUT2D eigenvalue weighted by molar-refractivity contribution is 5.92. The van der Waals surface area contributed by atoms with Gasteiger partial charge in [0.2, 0.25) is 5.95 Å². The largest absolute Gasteiger partial charge is 0.394 e. The molecule has 2 aromatic rings. The molecule has 10 nitrogen and oxygen atoms in total. The zero-order valence-electron chi connectivity index (χ0n) is 20.7. The summed E-state index contributed by atoms with van der Waals surface area (Å²) in [5.41, 5.74) is 4.78. The summed E-state index contributed by atoms with van der Waals surface area (Å²) in [4.78, 5) is 25.8. The minimum atomic E-state index is -0.939. The highest BCUT2D eigenvalue weighted by Crippen LogP contribution is 2.25. The molecule has 5 N–H and O–H groups in total. The quantitative estimate of drug-likeness (QED) is 0.238. The molecule has 0 aliphatic carbocycles. The summed E-state index contributed by atoms with van der Waals surface area (Å²) in [5.74, 6) is -0.0700. The molecule has 0 radical (unpaired) electrons. The number of carbonyl (C=O) groups is 1. The van der Waals surface area contributed by atoms with E-state index in [1.165, 1.54) is 18.0 Å². The Labute approximate surface area is 206 Å². The van der Waals surface area contributed by atoms with Gasteiger partial charge in [-0.1, -0.05) is 45.0 Å². The van der Waals surface area contributed by atoms with Crippen molar-refractivity contribution in [1.82, 2.24) is 20.8 Å². The summed E-state index contributed by atoms with van der Waals surface area (Å²) < 4.78 is 5.41. The second-order valence-corrected chi connectivity index (χ2v) is 9.62. The number of aromatic nitrogens is 2. The van der Waals surface area contributed by atoms with Gasteiger partial charge in [0.25, 0.3) is 5.91 Å². The van der Waals surface area contributed by atoms with Gasteiger partial charge < -0.3 is 25.6 Å². The van der Waals surface area contributed by atoms with Crippen molar-refractivity contribution in [2.75, 3.05) is 31.6 Å². The van der Waals surface area contributed by atoms with Crippen molar-refractivity contribution >= 4 is 11.9 Å². The molecule has 1 fully saturated rings. The fraction of sp³-hybridized carbons (Fsp3) is 0.560. The van der Waals surface area contributed by atoms with Crippen LogP contribution in [0.25, 0.3) is 0 Å². The number of anilines is 1. The van der Waals surface area contributed by atoms with Crippen molar-refractivity contribution in [2.45, 2.75) is 63.9 Å². The van der Waals surface area contributed by atoms with Crippen LogP contribution in [0.1, 0.15) is 67.6 Å². The van der Waals surface area contributed by atoms with Gasteiger partial charge in [0.05, 0.1) is 24.3 Å². The minimum Gasteiger partial charge on any atom is -0.394 e. The summed E-state index contributed by atoms with van der Waals surface area (Å²) in [6.45, 7) is 7.68. The summed E-state index contributed by atoms with van der Waals surface area (Å²) in [6, 6.07) is 7.62. The van der Waals surface area contributed by atoms with E-state index in [1.807, 2.05) is 24.3 Å². The normalized spacial score (nSPS) is 18.0. The molecule has 1 aromatic carbocycles. The van der Waals surface area contributed by atoms with Gasteiger partial charge in [0, 0.05) is 38.5 Å². The molecular weight excluding hydrogens is 450 g/mol. The van der Waals surface area contributed by atoms with E-state index in [-0.39, 0.29) is 17.6 Å². The maximum absolute atomic E-state index is 12.2. The number of hydrogen-bond donors (Lipinski definition) is 5. The molecule has 1 aromatic heterocycles. The van der Waals surface area contributed by atoms with Crippen LogP contribution in [-0.4, -0.2) is 64.8 Å². The van der Waals surface area contributed by atoms with E-state index in [2.05, 4.69) is 46.9 Å². The number of carbonyl (C=O) groups excluding carboxylic acids is 1. The molecule has 1 aliphatic rings. The number of aliphatic hydroxyl groups is 2. The molecule has 1 saturated heterocycles. The lowest BCUT2D eigenvalue weighted by Gasteiger charge is -2.25. The van der Waals surface area contributed by atoms with E-state index in [4.69, 9.17) is 9.57 Å². The molecule has 0 bridgehead atoms. The summed E-state index contributed by atoms with van der Waals surface area (Å²) in [6.07, 6.45) is 4.21. The summed E-state index contributed by atoms with van der Waals surface area (Å²) >= 11 is 0. The lowest BCUT2D eigenvalue weighted by molar-refractivity contribution is -0.186. The van der Waals surface area contributed by atoms with Gasteiger partial charge in [-0.25, -0.2) is 20.3 Å². The zero-order chi connectivity index (χ0) is 25.3. The van der Waals surface area contributed by atoms with E-state index in [0.717, 1.165) is 24.8 Å². The monoisotopic (exact) mass is 487 g/mol. The Kier molecular flexibility index (Phi) is 9.93. The fourth-order valence-electron chi connectivity index (χ4n) is 3.69. The van der Waals surface area contributed by atoms with Gasteiger partial charge in [0.15, 0.2) is 6.29 Å². The van der Waals surface area contributed by atoms with Gasteiger partial charge in [-0.2, -0.15) is 0 Å². The number of hydroxylamine groups is 1. The second-order valence-electron chi connectivity index (χ2n) is 9.62. The predicted molar refractivity (Wildman–Crippen MR) is 132 cm³/mol. The van der Waals surface area contributed by atoms with Gasteiger partial charge in [-0.05, 0) is 29.4 Å². The number of benzene rings is 1. The van der Waals surface area contributed by atoms with E-state index in [1.54, 1.807) is 0 Å². The van der Waals surface area contributed by atoms with Crippen LogP contribution in [0, 0.1) is 0 Å². The summed E-state index contributed by atoms with van der Waals surface area (Å²) in [5, 5.41) is 26.2. The molecule has 35 heavy (non-hydrogen) atoms. The number of hydrogen-bond acceptors (Lipinski definition) is 9. The first kappa shape index (κ1) is 27.0. The van der Waals surface area contributed by atoms with Crippen molar-refractivity contribution in [2.24, 2.45) is 0 Å². The SMILES string of the molecule is CC(C)(C)c1ccc(C(NCCNc2ncc(C(=O)NOC3CCCCO3)cn2)C(O)CO)cc1. The lowest BCUT2D eigenvalue weighted by Crippen LogP contribution is -2.37. The number of aliphatic hydroxyl groups excluding tert-OH is 2. The van der Waals surface area contributed by atoms with Crippen LogP contribution in [0.3, 0.4) is 0 Å². The predicted octanol–water partition coefficient (Wildman–Crippen LogP) is 2.06. The van der Waals surface area contributed by atoms with E-state index < -0.39 is 24.3 Å². The van der Waals surface area contributed by atoms with E-state index in [9.17, 15) is 15.0 Å². The molecule has 1 amide bonds. The van der Waals surface area contributed by atoms with Gasteiger partial charge in [-0.15, -0.1) is 0 Å². The Morgan fingerprint density at radius 3 is 2.49 bits per heavy atom. The Bertz CT molecular complexity index is 911. The average Bonchev–Trinajstić information content (AvgIpc) is 2.87. The first-order valence-electron chi connectivity index (χ1n) is 12.0. The van der Waals surface area contributed by atoms with Crippen LogP contribution in [0.5, 0.6) is 0 Å². The van der Waals surface area contributed by atoms with Crippen LogP contribution in [0.15, 0.2) is 36.7 Å². The fourth-order valence-corrected chi connectivity index (χ4v) is 3.69. The third kappa shape index (κ3) is 8.22. The first-order chi connectivity index (χ1) is 16.8. The summed E-state index contributed by atoms with van der Waals surface area (Å²) in [7, 11) is 0. The topological polar surface area (TPSA) is 138 Å². The Balaban J connectivity index is 1.46. The van der Waals surface area contributed by atoms with Crippen molar-refractivity contribution < 1.29 is 24.6 Å². The maximum atomic E-state index is 12.2. The standard InChI is InChI=1S/C25H37N5O5/c1-25(2,3)19-9-7-17(8-10-19)22(20(32)16-31)26-11-12-27-24-28-14-18(15-29-24)23(33)30-35-21-6-4-5-13-34-21/h7-10,14-15,20-22,26,31-32H,4-6,11-13,16H2,1-3H3,(H,30,33)(H,27,28,29). The number of ether oxygens (including phenoxy) is 1. The molecule has 2 heterocycles. The van der Waals surface area contributed by atoms with Gasteiger partial charge in [0.1, 0.15) is 0 Å². The molecule has 192 valence electrons. The van der Waals surface area contributed by atoms with Crippen molar-refractivity contribution in [3.63, 3.8) is 0 Å². The third-order valence-electron chi connectivity index (χ3n) is 5.82. The van der Waals surface area contributed by atoms with Crippen LogP contribution in [0.2, 0.25) is 0 Å². The van der Waals surface area contributed by atoms with Gasteiger partial charge in [-0.3, -0.25) is 4.79 Å². The molecule has 3 rings (SSSR count). The Morgan fingerprint density at radius 1 is 1.17 bits per heavy atom. The molecule has 1 aliphatic heterocycles. The molecule has 3 unspecified atom stereocenters. The van der Waals surface area contributed by atoms with Crippen molar-refractivity contribution in [3.05, 3.63) is 53.3 Å². The molecule has 10 heteroatoms. The second kappa shape index (κ2) is 12.9. The van der Waals surface area contributed by atoms with Gasteiger partial charge >= 0.3 is 0 Å². The number of nitrogens with zero attached hydrogens (tertiary/aromatic N) is 2. The smallest absolute Gasteiger partial charge is 0.278 e. The molecule has 0 spiro atoms. The molecule has 3 atom stereocenters. The molecule has 0 saturated carbocycles. The van der Waals surface area contributed by atoms with Crippen LogP contribution < -0.4 is 16.1 Å². The Morgan fingerprint density at radius 2 is 1.89 bits per heavy atom. The maximum Gasteiger partial charge on any atom is 0.278 e. The number of nitrogens with one attached hydrogen (secondary N) is 3. The van der Waals surface area contributed by atoms with E-state index in [0.29, 0.717) is 25.6 Å². The number of amides is 1. The Hall–Kier alpha value is -2.63. The number of rotatable bonds is 11. The molecular formula is C25H37N5O5. The zero-order valence-corrected chi connectivity index (χ0v) is 20.7. The van der Waals surface area contributed by atoms with Crippen molar-refractivity contribution in [1.29, 1.82) is 0 Å². The highest BCUT2D eigenvalue weighted by atomic mass is 16.8. The average molecular weight is 488 g/mol.